The topological polar surface area (TPSA) is 0 Å². The third-order valence-corrected chi connectivity index (χ3v) is 1.65. The second kappa shape index (κ2) is 51.6. The molecular weight excluding hydrogens is 222 g/mol. The summed E-state index contributed by atoms with van der Waals surface area (Å²) in [5.74, 6) is 0.634. The maximum absolute atomic E-state index is 3.76. The molecule has 0 rings (SSSR count). The Morgan fingerprint density at radius 1 is 0.789 bits per heavy atom. The lowest BCUT2D eigenvalue weighted by Crippen LogP contribution is -1.76. The first-order valence-corrected chi connectivity index (χ1v) is 7.93. The van der Waals surface area contributed by atoms with Crippen LogP contribution in [0.5, 0.6) is 0 Å². The van der Waals surface area contributed by atoms with E-state index in [1.165, 1.54) is 25.7 Å². The maximum atomic E-state index is 3.76. The minimum atomic E-state index is 0.634. The Kier molecular flexibility index (Phi) is 85.9. The Morgan fingerprint density at radius 3 is 1.05 bits per heavy atom. The lowest BCUT2D eigenvalue weighted by molar-refractivity contribution is 0.880. The van der Waals surface area contributed by atoms with Crippen molar-refractivity contribution >= 4 is 39.2 Å². The van der Waals surface area contributed by atoms with E-state index in [1.54, 1.807) is 6.82 Å². The van der Waals surface area contributed by atoms with Crippen molar-refractivity contribution in [3.05, 3.63) is 0 Å². The van der Waals surface area contributed by atoms with Gasteiger partial charge in [0.15, 0.2) is 0 Å². The molecule has 0 amide bonds. The third kappa shape index (κ3) is 172. The van der Waals surface area contributed by atoms with Crippen molar-refractivity contribution in [3.63, 3.8) is 0 Å². The summed E-state index contributed by atoms with van der Waals surface area (Å²) >= 11 is 0. The number of rotatable bonds is 4. The smallest absolute Gasteiger partial charge is 0.0904 e. The summed E-state index contributed by atoms with van der Waals surface area (Å²) in [6.07, 6.45) is 8.12. The predicted molar refractivity (Wildman–Crippen MR) is 107 cm³/mol. The van der Waals surface area contributed by atoms with E-state index in [2.05, 4.69) is 66.9 Å². The van der Waals surface area contributed by atoms with Gasteiger partial charge in [-0.05, 0) is 0 Å². The minimum absolute atomic E-state index is 0.634. The molecule has 0 fully saturated rings. The molecule has 1 unspecified atom stereocenters. The quantitative estimate of drug-likeness (QED) is 0.681. The minimum Gasteiger partial charge on any atom is -0.0958 e. The molecular formula is C14H38B5. The van der Waals surface area contributed by atoms with Gasteiger partial charge in [-0.2, -0.15) is 0 Å². The highest BCUT2D eigenvalue weighted by atomic mass is 13.8. The molecule has 0 N–H and O–H groups in total. The van der Waals surface area contributed by atoms with E-state index in [0.29, 0.717) is 5.82 Å². The summed E-state index contributed by atoms with van der Waals surface area (Å²) in [6.45, 7) is 12.3. The molecule has 0 aliphatic carbocycles. The molecule has 0 aromatic heterocycles. The van der Waals surface area contributed by atoms with E-state index in [4.69, 9.17) is 0 Å². The normalized spacial score (nSPS) is 8.74. The Labute approximate surface area is 131 Å². The highest BCUT2D eigenvalue weighted by Crippen LogP contribution is 1.97. The highest BCUT2D eigenvalue weighted by molar-refractivity contribution is 6.11. The van der Waals surface area contributed by atoms with Gasteiger partial charge in [-0.25, -0.2) is 0 Å². The van der Waals surface area contributed by atoms with Crippen LogP contribution in [0.4, 0.5) is 0 Å². The Balaban J connectivity index is -0.0000000446. The van der Waals surface area contributed by atoms with Crippen LogP contribution in [0.15, 0.2) is 0 Å². The molecule has 0 spiro atoms. The van der Waals surface area contributed by atoms with Crippen LogP contribution in [0, 0.1) is 0 Å². The number of unbranched alkanes of at least 4 members (excludes halogenated alkanes) is 1. The van der Waals surface area contributed by atoms with Gasteiger partial charge in [0.1, 0.15) is 0 Å². The standard InChI is InChI=1S/2C4H10B.C3H8B.C2H6B.CH4B/c1-3-4(2)5;1-2-3-4-5;1-2-3-4;1-2-3;1-2/h4-5H,3H2,1-2H3;5H,2-4H2,1H3;4H,2-3H2,1H3;3H,2H2,1H3;2H,1H3. The number of hydrogen-bond donors (Lipinski definition) is 0. The highest BCUT2D eigenvalue weighted by Gasteiger charge is 1.80. The second-order valence-electron chi connectivity index (χ2n) is 4.07. The Hall–Kier alpha value is 0.325. The summed E-state index contributed by atoms with van der Waals surface area (Å²) in [6, 6.07) is 0. The predicted octanol–water partition coefficient (Wildman–Crippen LogP) is 3.19. The van der Waals surface area contributed by atoms with Crippen molar-refractivity contribution in [1.82, 2.24) is 0 Å². The van der Waals surface area contributed by atoms with Crippen molar-refractivity contribution in [1.29, 1.82) is 0 Å². The second-order valence-corrected chi connectivity index (χ2v) is 4.07. The van der Waals surface area contributed by atoms with Crippen LogP contribution < -0.4 is 0 Å². The van der Waals surface area contributed by atoms with Gasteiger partial charge in [-0.15, -0.1) is 0 Å². The van der Waals surface area contributed by atoms with Crippen molar-refractivity contribution in [2.45, 2.75) is 91.9 Å². The zero-order valence-corrected chi connectivity index (χ0v) is 15.1. The maximum Gasteiger partial charge on any atom is 0.0904 e. The van der Waals surface area contributed by atoms with Crippen molar-refractivity contribution in [3.8, 4) is 0 Å². The van der Waals surface area contributed by atoms with Crippen LogP contribution in [-0.2, 0) is 0 Å². The number of hydrogen-bond acceptors (Lipinski definition) is 0. The first-order chi connectivity index (χ1) is 9.01. The molecule has 0 nitrogen and oxygen atoms in total. The van der Waals surface area contributed by atoms with Crippen LogP contribution in [0.1, 0.15) is 60.3 Å². The average molecular weight is 261 g/mol. The molecule has 0 aliphatic rings. The Bertz CT molecular complexity index is 76.2. The van der Waals surface area contributed by atoms with Crippen LogP contribution in [-0.4, -0.2) is 39.2 Å². The van der Waals surface area contributed by atoms with Gasteiger partial charge in [0.25, 0.3) is 0 Å². The van der Waals surface area contributed by atoms with E-state index in [-0.39, 0.29) is 0 Å². The van der Waals surface area contributed by atoms with Crippen molar-refractivity contribution in [2.75, 3.05) is 0 Å². The van der Waals surface area contributed by atoms with Gasteiger partial charge < -0.3 is 0 Å². The molecule has 5 radical (unpaired) electrons. The fraction of sp³-hybridized carbons (Fsp3) is 1.00. The monoisotopic (exact) mass is 261 g/mol. The van der Waals surface area contributed by atoms with Gasteiger partial charge in [0, 0.05) is 0 Å². The molecule has 0 aromatic rings. The van der Waals surface area contributed by atoms with Gasteiger partial charge in [0.2, 0.25) is 0 Å². The molecule has 0 aliphatic heterocycles. The van der Waals surface area contributed by atoms with Crippen LogP contribution >= 0.6 is 0 Å². The first-order valence-electron chi connectivity index (χ1n) is 7.93. The zero-order chi connectivity index (χ0) is 16.5. The molecule has 1 atom stereocenters. The Morgan fingerprint density at radius 2 is 1.05 bits per heavy atom. The SMILES string of the molecule is [BH]C.[BH]C(C)CC.[BH]CC.[BH]CCC.[BH]CCCC. The summed E-state index contributed by atoms with van der Waals surface area (Å²) in [5.41, 5.74) is 0. The molecule has 5 heteroatoms. The summed E-state index contributed by atoms with van der Waals surface area (Å²) in [4.78, 5) is 0. The van der Waals surface area contributed by atoms with E-state index in [0.717, 1.165) is 19.0 Å². The van der Waals surface area contributed by atoms with E-state index >= 15 is 0 Å². The fourth-order valence-electron chi connectivity index (χ4n) is 0.250. The lowest BCUT2D eigenvalue weighted by atomic mass is 9.88. The largest absolute Gasteiger partial charge is 0.0958 e. The first kappa shape index (κ1) is 31.6. The fourth-order valence-corrected chi connectivity index (χ4v) is 0.250. The van der Waals surface area contributed by atoms with E-state index < -0.39 is 0 Å². The molecule has 0 bridgehead atoms. The van der Waals surface area contributed by atoms with Gasteiger partial charge in [-0.3, -0.25) is 0 Å². The molecule has 0 heterocycles. The van der Waals surface area contributed by atoms with Crippen LogP contribution in [0.2, 0.25) is 31.6 Å². The summed E-state index contributed by atoms with van der Waals surface area (Å²) < 4.78 is 0. The molecule has 19 heavy (non-hydrogen) atoms. The third-order valence-electron chi connectivity index (χ3n) is 1.65. The lowest BCUT2D eigenvalue weighted by Gasteiger charge is -1.90. The van der Waals surface area contributed by atoms with Gasteiger partial charge in [-0.1, -0.05) is 91.9 Å². The molecule has 109 valence electrons. The molecule has 0 saturated carbocycles. The molecule has 0 saturated heterocycles. The van der Waals surface area contributed by atoms with Crippen molar-refractivity contribution < 1.29 is 0 Å². The van der Waals surface area contributed by atoms with E-state index in [9.17, 15) is 0 Å². The van der Waals surface area contributed by atoms with Crippen LogP contribution in [0.3, 0.4) is 0 Å². The summed E-state index contributed by atoms with van der Waals surface area (Å²) in [5, 5.41) is 0. The average Bonchev–Trinajstić information content (AvgIpc) is 2.43. The van der Waals surface area contributed by atoms with Gasteiger partial charge in [0.05, 0.1) is 39.2 Å². The summed E-state index contributed by atoms with van der Waals surface area (Å²) in [7, 11) is 17.8. The van der Waals surface area contributed by atoms with Crippen molar-refractivity contribution in [2.24, 2.45) is 0 Å². The van der Waals surface area contributed by atoms with E-state index in [1.807, 2.05) is 6.92 Å². The van der Waals surface area contributed by atoms with Crippen LogP contribution in [0.25, 0.3) is 0 Å². The van der Waals surface area contributed by atoms with Gasteiger partial charge >= 0.3 is 0 Å². The molecule has 0 aromatic carbocycles. The zero-order valence-electron chi connectivity index (χ0n) is 15.1.